The minimum absolute atomic E-state index is 0.0186. The van der Waals surface area contributed by atoms with Gasteiger partial charge in [-0.1, -0.05) is 22.9 Å². The number of halogens is 1. The lowest BCUT2D eigenvalue weighted by molar-refractivity contribution is -0.121. The number of benzene rings is 1. The van der Waals surface area contributed by atoms with Crippen molar-refractivity contribution in [2.24, 2.45) is 0 Å². The Morgan fingerprint density at radius 1 is 1.42 bits per heavy atom. The Labute approximate surface area is 121 Å². The molecular formula is C13H18BrN3O2. The quantitative estimate of drug-likeness (QED) is 0.807. The van der Waals surface area contributed by atoms with Gasteiger partial charge >= 0.3 is 0 Å². The van der Waals surface area contributed by atoms with E-state index in [-0.39, 0.29) is 18.4 Å². The molecule has 1 aromatic rings. The maximum Gasteiger partial charge on any atom is 0.256 e. The summed E-state index contributed by atoms with van der Waals surface area (Å²) in [5.74, 6) is -0.447. The summed E-state index contributed by atoms with van der Waals surface area (Å²) in [4.78, 5) is 25.1. The SMILES string of the molecule is CCCNC(=O)CN(C)C(=O)c1cc(Br)ccc1N. The molecule has 2 amide bonds. The molecule has 0 heterocycles. The predicted molar refractivity (Wildman–Crippen MR) is 78.8 cm³/mol. The number of nitrogen functional groups attached to an aromatic ring is 1. The van der Waals surface area contributed by atoms with E-state index in [2.05, 4.69) is 21.2 Å². The van der Waals surface area contributed by atoms with E-state index in [0.29, 0.717) is 17.8 Å². The summed E-state index contributed by atoms with van der Waals surface area (Å²) >= 11 is 3.29. The van der Waals surface area contributed by atoms with Crippen molar-refractivity contribution in [1.29, 1.82) is 0 Å². The maximum absolute atomic E-state index is 12.2. The lowest BCUT2D eigenvalue weighted by Gasteiger charge is -2.18. The predicted octanol–water partition coefficient (Wildman–Crippen LogP) is 1.63. The van der Waals surface area contributed by atoms with Gasteiger partial charge in [-0.2, -0.15) is 0 Å². The van der Waals surface area contributed by atoms with E-state index in [0.717, 1.165) is 10.9 Å². The van der Waals surface area contributed by atoms with Gasteiger partial charge in [0.15, 0.2) is 0 Å². The maximum atomic E-state index is 12.2. The van der Waals surface area contributed by atoms with Gasteiger partial charge in [-0.05, 0) is 24.6 Å². The molecule has 3 N–H and O–H groups in total. The summed E-state index contributed by atoms with van der Waals surface area (Å²) in [5, 5.41) is 2.72. The highest BCUT2D eigenvalue weighted by Crippen LogP contribution is 2.19. The van der Waals surface area contributed by atoms with Crippen LogP contribution < -0.4 is 11.1 Å². The van der Waals surface area contributed by atoms with Crippen molar-refractivity contribution in [2.45, 2.75) is 13.3 Å². The number of nitrogens with zero attached hydrogens (tertiary/aromatic N) is 1. The first kappa shape index (κ1) is 15.5. The third-order valence-electron chi connectivity index (χ3n) is 2.55. The van der Waals surface area contributed by atoms with Crippen LogP contribution in [-0.4, -0.2) is 36.9 Å². The van der Waals surface area contributed by atoms with E-state index in [1.165, 1.54) is 4.90 Å². The van der Waals surface area contributed by atoms with Crippen LogP contribution in [0.15, 0.2) is 22.7 Å². The average molecular weight is 328 g/mol. The highest BCUT2D eigenvalue weighted by atomic mass is 79.9. The Hall–Kier alpha value is -1.56. The number of hydrogen-bond donors (Lipinski definition) is 2. The number of amides is 2. The fourth-order valence-corrected chi connectivity index (χ4v) is 1.89. The van der Waals surface area contributed by atoms with Crippen LogP contribution in [0.3, 0.4) is 0 Å². The molecule has 19 heavy (non-hydrogen) atoms. The standard InChI is InChI=1S/C13H18BrN3O2/c1-3-6-16-12(18)8-17(2)13(19)10-7-9(14)4-5-11(10)15/h4-5,7H,3,6,8,15H2,1-2H3,(H,16,18). The van der Waals surface area contributed by atoms with E-state index >= 15 is 0 Å². The first-order valence-electron chi connectivity index (χ1n) is 6.03. The Kier molecular flexibility index (Phi) is 5.82. The molecule has 0 aliphatic heterocycles. The molecule has 1 aromatic carbocycles. The van der Waals surface area contributed by atoms with Crippen molar-refractivity contribution >= 4 is 33.4 Å². The molecule has 0 fully saturated rings. The van der Waals surface area contributed by atoms with Crippen molar-refractivity contribution in [3.05, 3.63) is 28.2 Å². The van der Waals surface area contributed by atoms with Crippen LogP contribution in [0, 0.1) is 0 Å². The minimum Gasteiger partial charge on any atom is -0.398 e. The van der Waals surface area contributed by atoms with Crippen molar-refractivity contribution in [3.63, 3.8) is 0 Å². The highest BCUT2D eigenvalue weighted by molar-refractivity contribution is 9.10. The van der Waals surface area contributed by atoms with Gasteiger partial charge < -0.3 is 16.0 Å². The van der Waals surface area contributed by atoms with E-state index in [9.17, 15) is 9.59 Å². The van der Waals surface area contributed by atoms with Crippen molar-refractivity contribution in [2.75, 3.05) is 25.9 Å². The second-order valence-electron chi connectivity index (χ2n) is 4.24. The third kappa shape index (κ3) is 4.55. The topological polar surface area (TPSA) is 75.4 Å². The van der Waals surface area contributed by atoms with Gasteiger partial charge in [-0.3, -0.25) is 9.59 Å². The fourth-order valence-electron chi connectivity index (χ4n) is 1.53. The fraction of sp³-hybridized carbons (Fsp3) is 0.385. The molecule has 0 aliphatic carbocycles. The summed E-state index contributed by atoms with van der Waals surface area (Å²) in [6.07, 6.45) is 0.863. The Morgan fingerprint density at radius 2 is 2.11 bits per heavy atom. The number of nitrogens with two attached hydrogens (primary N) is 1. The summed E-state index contributed by atoms with van der Waals surface area (Å²) in [5.41, 5.74) is 6.56. The van der Waals surface area contributed by atoms with Gasteiger partial charge in [0.2, 0.25) is 5.91 Å². The molecule has 0 bridgehead atoms. The van der Waals surface area contributed by atoms with Crippen LogP contribution in [0.2, 0.25) is 0 Å². The molecule has 0 saturated carbocycles. The molecule has 1 rings (SSSR count). The van der Waals surface area contributed by atoms with Crippen LogP contribution in [0.5, 0.6) is 0 Å². The van der Waals surface area contributed by atoms with Crippen LogP contribution in [0.1, 0.15) is 23.7 Å². The van der Waals surface area contributed by atoms with Crippen LogP contribution in [0.4, 0.5) is 5.69 Å². The molecule has 0 unspecified atom stereocenters. The first-order chi connectivity index (χ1) is 8.95. The number of anilines is 1. The summed E-state index contributed by atoms with van der Waals surface area (Å²) < 4.78 is 0.772. The molecule has 0 aliphatic rings. The number of likely N-dealkylation sites (N-methyl/N-ethyl adjacent to an activating group) is 1. The lowest BCUT2D eigenvalue weighted by atomic mass is 10.1. The number of hydrogen-bond acceptors (Lipinski definition) is 3. The summed E-state index contributed by atoms with van der Waals surface area (Å²) in [6, 6.07) is 5.07. The number of nitrogens with one attached hydrogen (secondary N) is 1. The average Bonchev–Trinajstić information content (AvgIpc) is 2.38. The third-order valence-corrected chi connectivity index (χ3v) is 3.04. The monoisotopic (exact) mass is 327 g/mol. The summed E-state index contributed by atoms with van der Waals surface area (Å²) in [7, 11) is 1.58. The van der Waals surface area contributed by atoms with Crippen molar-refractivity contribution < 1.29 is 9.59 Å². The smallest absolute Gasteiger partial charge is 0.256 e. The largest absolute Gasteiger partial charge is 0.398 e. The normalized spacial score (nSPS) is 10.1. The van der Waals surface area contributed by atoms with Gasteiger partial charge in [0.05, 0.1) is 12.1 Å². The zero-order valence-electron chi connectivity index (χ0n) is 11.1. The van der Waals surface area contributed by atoms with Crippen LogP contribution in [0.25, 0.3) is 0 Å². The van der Waals surface area contributed by atoms with Crippen molar-refractivity contribution in [1.82, 2.24) is 10.2 Å². The van der Waals surface area contributed by atoms with Crippen molar-refractivity contribution in [3.8, 4) is 0 Å². The van der Waals surface area contributed by atoms with Gasteiger partial charge in [0.1, 0.15) is 0 Å². The molecule has 5 nitrogen and oxygen atoms in total. The second kappa shape index (κ2) is 7.13. The first-order valence-corrected chi connectivity index (χ1v) is 6.82. The Morgan fingerprint density at radius 3 is 2.74 bits per heavy atom. The van der Waals surface area contributed by atoms with Crippen LogP contribution in [-0.2, 0) is 4.79 Å². The molecule has 0 aromatic heterocycles. The Bertz CT molecular complexity index is 477. The van der Waals surface area contributed by atoms with Gasteiger partial charge in [0.25, 0.3) is 5.91 Å². The number of rotatable bonds is 5. The number of carbonyl (C=O) groups excluding carboxylic acids is 2. The molecule has 104 valence electrons. The molecular weight excluding hydrogens is 310 g/mol. The second-order valence-corrected chi connectivity index (χ2v) is 5.16. The van der Waals surface area contributed by atoms with E-state index in [4.69, 9.17) is 5.73 Å². The van der Waals surface area contributed by atoms with E-state index < -0.39 is 0 Å². The molecule has 0 atom stereocenters. The molecule has 0 spiro atoms. The molecule has 6 heteroatoms. The molecule has 0 saturated heterocycles. The van der Waals surface area contributed by atoms with Gasteiger partial charge in [-0.15, -0.1) is 0 Å². The Balaban J connectivity index is 2.71. The van der Waals surface area contributed by atoms with E-state index in [1.54, 1.807) is 25.2 Å². The zero-order chi connectivity index (χ0) is 14.4. The minimum atomic E-state index is -0.273. The summed E-state index contributed by atoms with van der Waals surface area (Å²) in [6.45, 7) is 2.60. The van der Waals surface area contributed by atoms with Crippen LogP contribution >= 0.6 is 15.9 Å². The zero-order valence-corrected chi connectivity index (χ0v) is 12.7. The van der Waals surface area contributed by atoms with Gasteiger partial charge in [0, 0.05) is 23.8 Å². The van der Waals surface area contributed by atoms with E-state index in [1.807, 2.05) is 6.92 Å². The van der Waals surface area contributed by atoms with Gasteiger partial charge in [-0.25, -0.2) is 0 Å². The number of carbonyl (C=O) groups is 2. The highest BCUT2D eigenvalue weighted by Gasteiger charge is 2.17. The molecule has 0 radical (unpaired) electrons. The lowest BCUT2D eigenvalue weighted by Crippen LogP contribution is -2.38.